The van der Waals surface area contributed by atoms with Crippen LogP contribution in [0.1, 0.15) is 26.5 Å². The molecule has 4 aromatic rings. The highest BCUT2D eigenvalue weighted by molar-refractivity contribution is 6.00. The summed E-state index contributed by atoms with van der Waals surface area (Å²) in [5.41, 5.74) is 8.16. The van der Waals surface area contributed by atoms with E-state index in [1.807, 2.05) is 47.9 Å². The molecule has 0 aliphatic heterocycles. The molecular formula is C21H17N5O2. The summed E-state index contributed by atoms with van der Waals surface area (Å²) in [5.74, 6) is -0.0404. The molecule has 2 aromatic carbocycles. The van der Waals surface area contributed by atoms with Crippen LogP contribution in [0.25, 0.3) is 16.7 Å². The molecule has 28 heavy (non-hydrogen) atoms. The van der Waals surface area contributed by atoms with Crippen LogP contribution >= 0.6 is 0 Å². The van der Waals surface area contributed by atoms with E-state index < -0.39 is 11.8 Å². The second kappa shape index (κ2) is 7.32. The van der Waals surface area contributed by atoms with Crippen LogP contribution in [-0.4, -0.2) is 26.3 Å². The molecule has 4 rings (SSSR count). The Kier molecular flexibility index (Phi) is 4.55. The zero-order valence-corrected chi connectivity index (χ0v) is 15.1. The van der Waals surface area contributed by atoms with Gasteiger partial charge < -0.3 is 0 Å². The Labute approximate surface area is 161 Å². The number of imidazole rings is 1. The Morgan fingerprint density at radius 2 is 1.64 bits per heavy atom. The van der Waals surface area contributed by atoms with E-state index >= 15 is 0 Å². The lowest BCUT2D eigenvalue weighted by Crippen LogP contribution is -2.41. The molecule has 138 valence electrons. The largest absolute Gasteiger partial charge is 0.297 e. The third-order valence-electron chi connectivity index (χ3n) is 4.31. The standard InChI is InChI=1S/C21H17N5O2/c1-14-23-18-12-15(9-10-19(18)26(14)17-7-3-2-4-8-17)20(27)24-25-21(28)16-6-5-11-22-13-16/h2-13H,1H3,(H,24,27)(H,25,28). The van der Waals surface area contributed by atoms with E-state index in [0.29, 0.717) is 16.6 Å². The van der Waals surface area contributed by atoms with E-state index in [1.54, 1.807) is 30.5 Å². The molecule has 2 aromatic heterocycles. The normalized spacial score (nSPS) is 10.6. The number of fused-ring (bicyclic) bond motifs is 1. The van der Waals surface area contributed by atoms with Crippen molar-refractivity contribution in [3.63, 3.8) is 0 Å². The third kappa shape index (κ3) is 3.33. The number of amides is 2. The molecule has 2 amide bonds. The molecule has 0 radical (unpaired) electrons. The molecule has 0 spiro atoms. The lowest BCUT2D eigenvalue weighted by molar-refractivity contribution is 0.0846. The van der Waals surface area contributed by atoms with E-state index in [9.17, 15) is 9.59 Å². The predicted octanol–water partition coefficient (Wildman–Crippen LogP) is 2.80. The number of para-hydroxylation sites is 1. The van der Waals surface area contributed by atoms with Crippen molar-refractivity contribution in [1.82, 2.24) is 25.4 Å². The molecule has 0 fully saturated rings. The van der Waals surface area contributed by atoms with Crippen molar-refractivity contribution in [3.8, 4) is 5.69 Å². The van der Waals surface area contributed by atoms with Gasteiger partial charge in [0.15, 0.2) is 0 Å². The average molecular weight is 371 g/mol. The quantitative estimate of drug-likeness (QED) is 0.542. The third-order valence-corrected chi connectivity index (χ3v) is 4.31. The minimum Gasteiger partial charge on any atom is -0.297 e. The molecular weight excluding hydrogens is 354 g/mol. The number of nitrogens with one attached hydrogen (secondary N) is 2. The first kappa shape index (κ1) is 17.4. The first-order valence-electron chi connectivity index (χ1n) is 8.69. The van der Waals surface area contributed by atoms with E-state index in [-0.39, 0.29) is 0 Å². The minimum atomic E-state index is -0.438. The number of hydrazine groups is 1. The Bertz CT molecular complexity index is 1150. The van der Waals surface area contributed by atoms with Crippen molar-refractivity contribution in [2.24, 2.45) is 0 Å². The maximum atomic E-state index is 12.4. The monoisotopic (exact) mass is 371 g/mol. The first-order valence-corrected chi connectivity index (χ1v) is 8.69. The maximum absolute atomic E-state index is 12.4. The van der Waals surface area contributed by atoms with Crippen LogP contribution < -0.4 is 10.9 Å². The molecule has 7 heteroatoms. The van der Waals surface area contributed by atoms with Gasteiger partial charge in [0.2, 0.25) is 0 Å². The number of pyridine rings is 1. The molecule has 2 heterocycles. The predicted molar refractivity (Wildman–Crippen MR) is 105 cm³/mol. The van der Waals surface area contributed by atoms with Gasteiger partial charge in [-0.25, -0.2) is 4.98 Å². The van der Waals surface area contributed by atoms with E-state index in [4.69, 9.17) is 0 Å². The first-order chi connectivity index (χ1) is 13.6. The van der Waals surface area contributed by atoms with Crippen molar-refractivity contribution in [3.05, 3.63) is 90.0 Å². The molecule has 0 unspecified atom stereocenters. The van der Waals surface area contributed by atoms with Crippen LogP contribution in [0, 0.1) is 6.92 Å². The second-order valence-corrected chi connectivity index (χ2v) is 6.18. The number of carbonyl (C=O) groups is 2. The Morgan fingerprint density at radius 3 is 2.36 bits per heavy atom. The van der Waals surface area contributed by atoms with E-state index in [2.05, 4.69) is 20.8 Å². The van der Waals surface area contributed by atoms with Crippen LogP contribution in [0.3, 0.4) is 0 Å². The smallest absolute Gasteiger partial charge is 0.271 e. The maximum Gasteiger partial charge on any atom is 0.271 e. The van der Waals surface area contributed by atoms with Gasteiger partial charge in [0.05, 0.1) is 16.6 Å². The van der Waals surface area contributed by atoms with Gasteiger partial charge >= 0.3 is 0 Å². The van der Waals surface area contributed by atoms with Gasteiger partial charge in [-0.1, -0.05) is 18.2 Å². The van der Waals surface area contributed by atoms with Crippen LogP contribution in [0.2, 0.25) is 0 Å². The molecule has 0 atom stereocenters. The summed E-state index contributed by atoms with van der Waals surface area (Å²) in [4.78, 5) is 32.9. The lowest BCUT2D eigenvalue weighted by atomic mass is 10.2. The number of benzene rings is 2. The Morgan fingerprint density at radius 1 is 0.893 bits per heavy atom. The van der Waals surface area contributed by atoms with Crippen LogP contribution in [0.5, 0.6) is 0 Å². The average Bonchev–Trinajstić information content (AvgIpc) is 3.07. The number of aromatic nitrogens is 3. The molecule has 7 nitrogen and oxygen atoms in total. The summed E-state index contributed by atoms with van der Waals surface area (Å²) >= 11 is 0. The zero-order chi connectivity index (χ0) is 19.5. The fraction of sp³-hybridized carbons (Fsp3) is 0.0476. The fourth-order valence-electron chi connectivity index (χ4n) is 3.00. The summed E-state index contributed by atoms with van der Waals surface area (Å²) in [6.07, 6.45) is 2.99. The van der Waals surface area contributed by atoms with Crippen molar-refractivity contribution in [2.45, 2.75) is 6.92 Å². The molecule has 2 N–H and O–H groups in total. The van der Waals surface area contributed by atoms with E-state index in [0.717, 1.165) is 17.0 Å². The highest BCUT2D eigenvalue weighted by Gasteiger charge is 2.13. The summed E-state index contributed by atoms with van der Waals surface area (Å²) in [5, 5.41) is 0. The number of rotatable bonds is 3. The van der Waals surface area contributed by atoms with Gasteiger partial charge in [-0.15, -0.1) is 0 Å². The molecule has 0 saturated carbocycles. The van der Waals surface area contributed by atoms with Crippen molar-refractivity contribution in [1.29, 1.82) is 0 Å². The van der Waals surface area contributed by atoms with Gasteiger partial charge in [0, 0.05) is 23.6 Å². The van der Waals surface area contributed by atoms with Gasteiger partial charge in [-0.3, -0.25) is 30.0 Å². The number of nitrogens with zero attached hydrogens (tertiary/aromatic N) is 3. The lowest BCUT2D eigenvalue weighted by Gasteiger charge is -2.08. The van der Waals surface area contributed by atoms with Crippen molar-refractivity contribution < 1.29 is 9.59 Å². The van der Waals surface area contributed by atoms with Crippen LogP contribution in [-0.2, 0) is 0 Å². The van der Waals surface area contributed by atoms with Crippen molar-refractivity contribution >= 4 is 22.8 Å². The molecule has 0 bridgehead atoms. The Hall–Kier alpha value is -4.00. The summed E-state index contributed by atoms with van der Waals surface area (Å²) in [6, 6.07) is 18.4. The summed E-state index contributed by atoms with van der Waals surface area (Å²) in [6.45, 7) is 1.92. The fourth-order valence-corrected chi connectivity index (χ4v) is 3.00. The molecule has 0 saturated heterocycles. The van der Waals surface area contributed by atoms with Gasteiger partial charge in [0.1, 0.15) is 5.82 Å². The highest BCUT2D eigenvalue weighted by atomic mass is 16.2. The molecule has 0 aliphatic rings. The van der Waals surface area contributed by atoms with Crippen LogP contribution in [0.15, 0.2) is 73.1 Å². The van der Waals surface area contributed by atoms with Gasteiger partial charge in [0.25, 0.3) is 11.8 Å². The van der Waals surface area contributed by atoms with Crippen LogP contribution in [0.4, 0.5) is 0 Å². The van der Waals surface area contributed by atoms with Crippen molar-refractivity contribution in [2.75, 3.05) is 0 Å². The zero-order valence-electron chi connectivity index (χ0n) is 15.1. The minimum absolute atomic E-state index is 0.357. The highest BCUT2D eigenvalue weighted by Crippen LogP contribution is 2.22. The Balaban J connectivity index is 1.55. The number of aryl methyl sites for hydroxylation is 1. The molecule has 0 aliphatic carbocycles. The van der Waals surface area contributed by atoms with Gasteiger partial charge in [-0.2, -0.15) is 0 Å². The number of hydrogen-bond acceptors (Lipinski definition) is 4. The van der Waals surface area contributed by atoms with E-state index in [1.165, 1.54) is 6.20 Å². The topological polar surface area (TPSA) is 88.9 Å². The summed E-state index contributed by atoms with van der Waals surface area (Å²) < 4.78 is 2.03. The van der Waals surface area contributed by atoms with Gasteiger partial charge in [-0.05, 0) is 49.4 Å². The number of carbonyl (C=O) groups excluding carboxylic acids is 2. The second-order valence-electron chi connectivity index (χ2n) is 6.18. The summed E-state index contributed by atoms with van der Waals surface area (Å²) in [7, 11) is 0. The SMILES string of the molecule is Cc1nc2cc(C(=O)NNC(=O)c3cccnc3)ccc2n1-c1ccccc1. The number of hydrogen-bond donors (Lipinski definition) is 2.